The minimum atomic E-state index is -0.214. The molecule has 0 fully saturated rings. The summed E-state index contributed by atoms with van der Waals surface area (Å²) >= 11 is 0. The number of nitrogens with one attached hydrogen (secondary N) is 6. The molecule has 6 aromatic heterocycles. The lowest BCUT2D eigenvalue weighted by Crippen LogP contribution is -2.11. The number of rotatable bonds is 10. The van der Waals surface area contributed by atoms with Gasteiger partial charge >= 0.3 is 0 Å². The van der Waals surface area contributed by atoms with Gasteiger partial charge in [0.05, 0.1) is 71.4 Å². The maximum atomic E-state index is 9.22. The summed E-state index contributed by atoms with van der Waals surface area (Å²) in [5.74, 6) is 3.75. The molecule has 2 unspecified atom stereocenters. The normalized spacial score (nSPS) is 12.3. The third kappa shape index (κ3) is 6.77. The molecule has 0 saturated heterocycles. The largest absolute Gasteiger partial charge is 0.496 e. The first-order chi connectivity index (χ1) is 29.3. The Bertz CT molecular complexity index is 3000. The molecule has 0 aliphatic heterocycles. The lowest BCUT2D eigenvalue weighted by atomic mass is 9.89. The number of tetrazole rings is 2. The maximum Gasteiger partial charge on any atom is 0.175 e. The van der Waals surface area contributed by atoms with Gasteiger partial charge in [0.25, 0.3) is 0 Å². The molecule has 4 aromatic carbocycles. The Hall–Kier alpha value is -8.38. The van der Waals surface area contributed by atoms with Crippen LogP contribution < -0.4 is 9.47 Å². The molecule has 296 valence electrons. The van der Waals surface area contributed by atoms with Crippen molar-refractivity contribution in [2.24, 2.45) is 0 Å². The Morgan fingerprint density at radius 2 is 1.07 bits per heavy atom. The molecule has 0 amide bonds. The number of aryl methyl sites for hydroxylation is 2. The van der Waals surface area contributed by atoms with Crippen LogP contribution in [-0.2, 0) is 12.8 Å². The SMILES string of the molecule is COc1cc(C)c2[nH]ccc2c1C(Cc1nn[nH]n1)c1nc2ccc(C#N)cc2[nH]1.COc1cc(C)c2[nH]ccc2c1C(Cc1nn[nH]n1)c1nc2ccc(C#N)cc2[nH]1. The van der Waals surface area contributed by atoms with Crippen LogP contribution in [0.5, 0.6) is 11.5 Å². The third-order valence-corrected chi connectivity index (χ3v) is 10.7. The zero-order chi connectivity index (χ0) is 41.3. The maximum absolute atomic E-state index is 9.22. The molecule has 18 nitrogen and oxygen atoms in total. The van der Waals surface area contributed by atoms with Crippen molar-refractivity contribution in [1.29, 1.82) is 10.5 Å². The van der Waals surface area contributed by atoms with Gasteiger partial charge in [-0.25, -0.2) is 9.97 Å². The number of ether oxygens (including phenoxy) is 2. The van der Waals surface area contributed by atoms with Crippen LogP contribution in [0.25, 0.3) is 43.9 Å². The van der Waals surface area contributed by atoms with E-state index in [0.717, 1.165) is 89.3 Å². The van der Waals surface area contributed by atoms with E-state index in [4.69, 9.17) is 19.4 Å². The Labute approximate surface area is 340 Å². The van der Waals surface area contributed by atoms with Crippen LogP contribution in [0, 0.1) is 36.5 Å². The highest BCUT2D eigenvalue weighted by molar-refractivity contribution is 5.90. The Morgan fingerprint density at radius 1 is 0.617 bits per heavy atom. The molecule has 6 heterocycles. The van der Waals surface area contributed by atoms with Crippen molar-refractivity contribution in [3.63, 3.8) is 0 Å². The minimum absolute atomic E-state index is 0.214. The molecule has 10 rings (SSSR count). The molecule has 0 aliphatic rings. The second-order valence-electron chi connectivity index (χ2n) is 14.3. The average Bonchev–Trinajstić information content (AvgIpc) is 4.13. The molecule has 0 bridgehead atoms. The highest BCUT2D eigenvalue weighted by atomic mass is 16.5. The highest BCUT2D eigenvalue weighted by Crippen LogP contribution is 2.42. The summed E-state index contributed by atoms with van der Waals surface area (Å²) in [6.45, 7) is 4.09. The molecular formula is C42H36N16O2. The van der Waals surface area contributed by atoms with Crippen LogP contribution in [0.4, 0.5) is 0 Å². The number of aromatic amines is 6. The smallest absolute Gasteiger partial charge is 0.175 e. The highest BCUT2D eigenvalue weighted by Gasteiger charge is 2.29. The van der Waals surface area contributed by atoms with Crippen molar-refractivity contribution in [3.05, 3.63) is 130 Å². The predicted octanol–water partition coefficient (Wildman–Crippen LogP) is 6.24. The van der Waals surface area contributed by atoms with Gasteiger partial charge in [0, 0.05) is 58.2 Å². The van der Waals surface area contributed by atoms with Crippen LogP contribution in [0.2, 0.25) is 0 Å². The zero-order valence-electron chi connectivity index (χ0n) is 32.8. The topological polar surface area (TPSA) is 264 Å². The summed E-state index contributed by atoms with van der Waals surface area (Å²) in [6.07, 6.45) is 4.79. The van der Waals surface area contributed by atoms with E-state index in [2.05, 4.69) is 73.3 Å². The summed E-state index contributed by atoms with van der Waals surface area (Å²) < 4.78 is 11.5. The molecular weight excluding hydrogens is 761 g/mol. The number of methoxy groups -OCH3 is 2. The summed E-state index contributed by atoms with van der Waals surface area (Å²) in [4.78, 5) is 23.0. The summed E-state index contributed by atoms with van der Waals surface area (Å²) in [6, 6.07) is 23.3. The molecule has 18 heteroatoms. The van der Waals surface area contributed by atoms with Gasteiger partial charge in [0.15, 0.2) is 11.6 Å². The number of nitrogens with zero attached hydrogens (tertiary/aromatic N) is 10. The fourth-order valence-electron chi connectivity index (χ4n) is 7.96. The van der Waals surface area contributed by atoms with Crippen molar-refractivity contribution >= 4 is 43.9 Å². The van der Waals surface area contributed by atoms with E-state index < -0.39 is 0 Å². The zero-order valence-corrected chi connectivity index (χ0v) is 32.8. The lowest BCUT2D eigenvalue weighted by Gasteiger charge is -2.19. The number of hydrogen-bond acceptors (Lipinski definition) is 12. The molecule has 0 aliphatic carbocycles. The second kappa shape index (κ2) is 15.5. The van der Waals surface area contributed by atoms with E-state index in [1.165, 1.54) is 0 Å². The first-order valence-corrected chi connectivity index (χ1v) is 18.9. The van der Waals surface area contributed by atoms with Crippen LogP contribution in [0.15, 0.2) is 73.1 Å². The van der Waals surface area contributed by atoms with E-state index in [1.54, 1.807) is 38.5 Å². The molecule has 2 atom stereocenters. The van der Waals surface area contributed by atoms with Crippen LogP contribution in [-0.4, -0.2) is 85.4 Å². The van der Waals surface area contributed by atoms with Crippen molar-refractivity contribution in [2.45, 2.75) is 38.5 Å². The van der Waals surface area contributed by atoms with Gasteiger partial charge in [0.2, 0.25) is 0 Å². The first-order valence-electron chi connectivity index (χ1n) is 18.9. The molecule has 0 radical (unpaired) electrons. The van der Waals surface area contributed by atoms with E-state index in [1.807, 2.05) is 62.6 Å². The lowest BCUT2D eigenvalue weighted by molar-refractivity contribution is 0.407. The van der Waals surface area contributed by atoms with Gasteiger partial charge in [-0.1, -0.05) is 10.4 Å². The molecule has 6 N–H and O–H groups in total. The molecule has 0 spiro atoms. The van der Waals surface area contributed by atoms with Gasteiger partial charge in [0.1, 0.15) is 23.1 Å². The quantitative estimate of drug-likeness (QED) is 0.0898. The Kier molecular flexibility index (Phi) is 9.62. The van der Waals surface area contributed by atoms with Crippen LogP contribution >= 0.6 is 0 Å². The van der Waals surface area contributed by atoms with Gasteiger partial charge < -0.3 is 29.4 Å². The fraction of sp³-hybridized carbons (Fsp3) is 0.190. The Morgan fingerprint density at radius 3 is 1.45 bits per heavy atom. The number of H-pyrrole nitrogens is 6. The number of imidazole rings is 2. The third-order valence-electron chi connectivity index (χ3n) is 10.7. The standard InChI is InChI=1S/2C21H18N8O/c2*1-11-7-17(30-2)19(13-5-6-23-20(11)13)14(9-18-26-28-29-27-18)21-24-15-4-3-12(10-22)8-16(15)25-21/h2*3-8,14,23H,9H2,1-2H3,(H,24,25)(H,26,27,28,29). The van der Waals surface area contributed by atoms with Gasteiger partial charge in [-0.2, -0.15) is 21.0 Å². The average molecular weight is 797 g/mol. The van der Waals surface area contributed by atoms with Crippen molar-refractivity contribution in [3.8, 4) is 23.6 Å². The van der Waals surface area contributed by atoms with Crippen molar-refractivity contribution in [2.75, 3.05) is 14.2 Å². The second-order valence-corrected chi connectivity index (χ2v) is 14.3. The van der Waals surface area contributed by atoms with E-state index in [9.17, 15) is 10.5 Å². The predicted molar refractivity (Wildman–Crippen MR) is 220 cm³/mol. The number of nitriles is 2. The molecule has 0 saturated carbocycles. The number of benzene rings is 4. The Balaban J connectivity index is 0.000000154. The van der Waals surface area contributed by atoms with E-state index >= 15 is 0 Å². The van der Waals surface area contributed by atoms with Gasteiger partial charge in [-0.3, -0.25) is 0 Å². The molecule has 10 aromatic rings. The number of aromatic nitrogens is 14. The monoisotopic (exact) mass is 796 g/mol. The summed E-state index contributed by atoms with van der Waals surface area (Å²) in [5, 5.41) is 49.6. The summed E-state index contributed by atoms with van der Waals surface area (Å²) in [5.41, 5.74) is 10.6. The van der Waals surface area contributed by atoms with Crippen LogP contribution in [0.1, 0.15) is 68.5 Å². The number of hydrogen-bond donors (Lipinski definition) is 6. The van der Waals surface area contributed by atoms with E-state index in [0.29, 0.717) is 35.6 Å². The molecule has 60 heavy (non-hydrogen) atoms. The minimum Gasteiger partial charge on any atom is -0.496 e. The van der Waals surface area contributed by atoms with Crippen LogP contribution in [0.3, 0.4) is 0 Å². The van der Waals surface area contributed by atoms with E-state index in [-0.39, 0.29) is 11.8 Å². The van der Waals surface area contributed by atoms with Crippen molar-refractivity contribution in [1.82, 2.24) is 71.2 Å². The number of fused-ring (bicyclic) bond motifs is 4. The fourth-order valence-corrected chi connectivity index (χ4v) is 7.96. The van der Waals surface area contributed by atoms with Gasteiger partial charge in [-0.05, 0) is 85.6 Å². The van der Waals surface area contributed by atoms with Crippen molar-refractivity contribution < 1.29 is 9.47 Å². The van der Waals surface area contributed by atoms with Gasteiger partial charge in [-0.15, -0.1) is 20.4 Å². The first kappa shape index (κ1) is 37.2. The summed E-state index contributed by atoms with van der Waals surface area (Å²) in [7, 11) is 3.33.